The third-order valence-electron chi connectivity index (χ3n) is 2.39. The first-order valence-corrected chi connectivity index (χ1v) is 6.47. The molecule has 0 aromatic heterocycles. The molecule has 0 fully saturated rings. The first-order chi connectivity index (χ1) is 7.10. The maximum atomic E-state index is 2.42. The van der Waals surface area contributed by atoms with Crippen molar-refractivity contribution in [3.05, 3.63) is 0 Å². The largest absolute Gasteiger partial charge is 0.306 e. The van der Waals surface area contributed by atoms with Gasteiger partial charge in [0.25, 0.3) is 0 Å². The van der Waals surface area contributed by atoms with E-state index < -0.39 is 0 Å². The van der Waals surface area contributed by atoms with E-state index in [4.69, 9.17) is 0 Å². The molecule has 0 aromatic carbocycles. The number of hydrogen-bond acceptors (Lipinski definition) is 2. The van der Waals surface area contributed by atoms with E-state index in [0.29, 0.717) is 0 Å². The monoisotopic (exact) mass is 216 g/mol. The Hall–Kier alpha value is -0.0800. The number of hydrogen-bond donors (Lipinski definition) is 0. The summed E-state index contributed by atoms with van der Waals surface area (Å²) < 4.78 is 0. The third-order valence-corrected chi connectivity index (χ3v) is 2.39. The van der Waals surface area contributed by atoms with Crippen LogP contribution in [0.1, 0.15) is 41.0 Å². The molecule has 0 spiro atoms. The van der Waals surface area contributed by atoms with Crippen molar-refractivity contribution >= 4 is 0 Å². The van der Waals surface area contributed by atoms with Crippen LogP contribution in [0.2, 0.25) is 0 Å². The predicted molar refractivity (Wildman–Crippen MR) is 71.5 cm³/mol. The highest BCUT2D eigenvalue weighted by Crippen LogP contribution is 2.00. The van der Waals surface area contributed by atoms with E-state index >= 15 is 0 Å². The summed E-state index contributed by atoms with van der Waals surface area (Å²) in [4.78, 5) is 4.80. The fourth-order valence-corrected chi connectivity index (χ4v) is 1.72. The van der Waals surface area contributed by atoms with E-state index in [1.807, 2.05) is 13.8 Å². The van der Waals surface area contributed by atoms with Crippen molar-refractivity contribution in [2.45, 2.75) is 41.0 Å². The van der Waals surface area contributed by atoms with Crippen molar-refractivity contribution in [3.8, 4) is 0 Å². The SMILES string of the molecule is CC.CCCN(C)CC(C)CN(C)CC. The molecule has 0 aromatic rings. The molecule has 1 atom stereocenters. The van der Waals surface area contributed by atoms with Crippen molar-refractivity contribution in [2.75, 3.05) is 40.3 Å². The summed E-state index contributed by atoms with van der Waals surface area (Å²) in [6.07, 6.45) is 1.26. The van der Waals surface area contributed by atoms with Gasteiger partial charge < -0.3 is 9.80 Å². The van der Waals surface area contributed by atoms with Crippen LogP contribution >= 0.6 is 0 Å². The van der Waals surface area contributed by atoms with Crippen LogP contribution in [0.25, 0.3) is 0 Å². The summed E-state index contributed by atoms with van der Waals surface area (Å²) in [6.45, 7) is 15.6. The molecule has 0 heterocycles. The minimum Gasteiger partial charge on any atom is -0.306 e. The molecule has 15 heavy (non-hydrogen) atoms. The summed E-state index contributed by atoms with van der Waals surface area (Å²) in [6, 6.07) is 0. The summed E-state index contributed by atoms with van der Waals surface area (Å²) in [5.74, 6) is 0.779. The van der Waals surface area contributed by atoms with Crippen molar-refractivity contribution in [1.29, 1.82) is 0 Å². The lowest BCUT2D eigenvalue weighted by Gasteiger charge is -2.24. The molecule has 1 unspecified atom stereocenters. The second-order valence-corrected chi connectivity index (χ2v) is 4.22. The van der Waals surface area contributed by atoms with Crippen LogP contribution in [0.15, 0.2) is 0 Å². The zero-order valence-electron chi connectivity index (χ0n) is 12.0. The van der Waals surface area contributed by atoms with Crippen LogP contribution in [0.5, 0.6) is 0 Å². The molecule has 0 aliphatic carbocycles. The van der Waals surface area contributed by atoms with Gasteiger partial charge >= 0.3 is 0 Å². The van der Waals surface area contributed by atoms with Gasteiger partial charge in [0.05, 0.1) is 0 Å². The first kappa shape index (κ1) is 17.3. The second-order valence-electron chi connectivity index (χ2n) is 4.22. The maximum absolute atomic E-state index is 2.42. The van der Waals surface area contributed by atoms with Crippen molar-refractivity contribution in [3.63, 3.8) is 0 Å². The maximum Gasteiger partial charge on any atom is 0.00162 e. The molecule has 0 bridgehead atoms. The van der Waals surface area contributed by atoms with Crippen LogP contribution in [0.3, 0.4) is 0 Å². The van der Waals surface area contributed by atoms with Gasteiger partial charge in [-0.2, -0.15) is 0 Å². The standard InChI is InChI=1S/C11H26N2.C2H6/c1-6-8-13(5)10-11(3)9-12(4)7-2;1-2/h11H,6-10H2,1-5H3;1-2H3. The fraction of sp³-hybridized carbons (Fsp3) is 1.00. The number of rotatable bonds is 7. The normalized spacial score (nSPS) is 12.6. The molecular weight excluding hydrogens is 184 g/mol. The summed E-state index contributed by atoms with van der Waals surface area (Å²) in [5.41, 5.74) is 0. The molecule has 0 saturated carbocycles. The molecule has 2 nitrogen and oxygen atoms in total. The average Bonchev–Trinajstić information content (AvgIpc) is 2.20. The Labute approximate surface area is 97.6 Å². The third kappa shape index (κ3) is 11.8. The van der Waals surface area contributed by atoms with Crippen LogP contribution in [0, 0.1) is 5.92 Å². The van der Waals surface area contributed by atoms with Crippen LogP contribution in [-0.2, 0) is 0 Å². The van der Waals surface area contributed by atoms with E-state index in [-0.39, 0.29) is 0 Å². The molecule has 0 radical (unpaired) electrons. The van der Waals surface area contributed by atoms with Gasteiger partial charge in [-0.1, -0.05) is 34.6 Å². The Morgan fingerprint density at radius 2 is 1.40 bits per heavy atom. The lowest BCUT2D eigenvalue weighted by molar-refractivity contribution is 0.231. The van der Waals surface area contributed by atoms with E-state index in [0.717, 1.165) is 12.5 Å². The van der Waals surface area contributed by atoms with Gasteiger partial charge in [-0.05, 0) is 39.5 Å². The topological polar surface area (TPSA) is 6.48 Å². The Balaban J connectivity index is 0. The van der Waals surface area contributed by atoms with Gasteiger partial charge in [-0.3, -0.25) is 0 Å². The Kier molecular flexibility index (Phi) is 13.8. The van der Waals surface area contributed by atoms with Gasteiger partial charge in [0.15, 0.2) is 0 Å². The lowest BCUT2D eigenvalue weighted by atomic mass is 10.1. The molecular formula is C13H32N2. The minimum atomic E-state index is 0.779. The van der Waals surface area contributed by atoms with Crippen LogP contribution in [-0.4, -0.2) is 50.1 Å². The summed E-state index contributed by atoms with van der Waals surface area (Å²) in [7, 11) is 4.41. The van der Waals surface area contributed by atoms with E-state index in [9.17, 15) is 0 Å². The average molecular weight is 216 g/mol. The smallest absolute Gasteiger partial charge is 0.00162 e. The van der Waals surface area contributed by atoms with Crippen molar-refractivity contribution < 1.29 is 0 Å². The number of nitrogens with zero attached hydrogens (tertiary/aromatic N) is 2. The van der Waals surface area contributed by atoms with Gasteiger partial charge in [-0.15, -0.1) is 0 Å². The minimum absolute atomic E-state index is 0.779. The quantitative estimate of drug-likeness (QED) is 0.645. The zero-order valence-corrected chi connectivity index (χ0v) is 12.0. The molecule has 94 valence electrons. The Bertz CT molecular complexity index is 115. The predicted octanol–water partition coefficient (Wildman–Crippen LogP) is 2.94. The summed E-state index contributed by atoms with van der Waals surface area (Å²) in [5, 5.41) is 0. The first-order valence-electron chi connectivity index (χ1n) is 6.47. The summed E-state index contributed by atoms with van der Waals surface area (Å²) >= 11 is 0. The van der Waals surface area contributed by atoms with E-state index in [1.165, 1.54) is 26.1 Å². The molecule has 0 saturated heterocycles. The van der Waals surface area contributed by atoms with Gasteiger partial charge in [0, 0.05) is 13.1 Å². The highest BCUT2D eigenvalue weighted by Gasteiger charge is 2.07. The van der Waals surface area contributed by atoms with Gasteiger partial charge in [-0.25, -0.2) is 0 Å². The fourth-order valence-electron chi connectivity index (χ4n) is 1.72. The van der Waals surface area contributed by atoms with Gasteiger partial charge in [0.1, 0.15) is 0 Å². The highest BCUT2D eigenvalue weighted by molar-refractivity contribution is 4.62. The van der Waals surface area contributed by atoms with Crippen molar-refractivity contribution in [2.24, 2.45) is 5.92 Å². The van der Waals surface area contributed by atoms with Crippen LogP contribution < -0.4 is 0 Å². The zero-order chi connectivity index (χ0) is 12.3. The van der Waals surface area contributed by atoms with E-state index in [2.05, 4.69) is 44.7 Å². The molecule has 0 aliphatic heterocycles. The highest BCUT2D eigenvalue weighted by atomic mass is 15.1. The van der Waals surface area contributed by atoms with Crippen LogP contribution in [0.4, 0.5) is 0 Å². The molecule has 0 aliphatic rings. The molecule has 0 rings (SSSR count). The molecule has 0 N–H and O–H groups in total. The molecule has 0 amide bonds. The lowest BCUT2D eigenvalue weighted by Crippen LogP contribution is -2.32. The Morgan fingerprint density at radius 1 is 0.933 bits per heavy atom. The van der Waals surface area contributed by atoms with Crippen molar-refractivity contribution in [1.82, 2.24) is 9.80 Å². The second kappa shape index (κ2) is 12.0. The Morgan fingerprint density at radius 3 is 1.80 bits per heavy atom. The van der Waals surface area contributed by atoms with Gasteiger partial charge in [0.2, 0.25) is 0 Å². The van der Waals surface area contributed by atoms with E-state index in [1.54, 1.807) is 0 Å². The molecule has 2 heteroatoms.